The number of rotatable bonds is 4. The van der Waals surface area contributed by atoms with E-state index >= 15 is 0 Å². The summed E-state index contributed by atoms with van der Waals surface area (Å²) in [5.74, 6) is -0.537. The average molecular weight is 210 g/mol. The summed E-state index contributed by atoms with van der Waals surface area (Å²) in [4.78, 5) is 21.9. The van der Waals surface area contributed by atoms with Crippen LogP contribution in [0.5, 0.6) is 0 Å². The lowest BCUT2D eigenvalue weighted by molar-refractivity contribution is -0.133. The van der Waals surface area contributed by atoms with Gasteiger partial charge in [-0.3, -0.25) is 4.79 Å². The fraction of sp³-hybridized carbons (Fsp3) is 0.200. The second-order valence-corrected chi connectivity index (χ2v) is 2.58. The minimum Gasteiger partial charge on any atom is -0.503 e. The molecule has 1 aromatic rings. The molecule has 0 saturated heterocycles. The predicted octanol–water partition coefficient (Wildman–Crippen LogP) is 1.25. The molecule has 1 heterocycles. The Morgan fingerprint density at radius 1 is 1.47 bits per heavy atom. The number of methoxy groups -OCH3 is 2. The first-order chi connectivity index (χ1) is 7.24. The van der Waals surface area contributed by atoms with E-state index < -0.39 is 5.97 Å². The van der Waals surface area contributed by atoms with Crippen LogP contribution in [0.25, 0.3) is 5.57 Å². The molecule has 1 rings (SSSR count). The first kappa shape index (κ1) is 11.0. The van der Waals surface area contributed by atoms with Gasteiger partial charge in [0.05, 0.1) is 26.7 Å². The Bertz CT molecular complexity index is 388. The normalized spacial score (nSPS) is 10.9. The number of hydrogen-bond acceptors (Lipinski definition) is 5. The Morgan fingerprint density at radius 3 is 2.73 bits per heavy atom. The highest BCUT2D eigenvalue weighted by atomic mass is 16.5. The number of aldehydes is 1. The third-order valence-corrected chi connectivity index (χ3v) is 1.73. The van der Waals surface area contributed by atoms with Crippen LogP contribution in [0.3, 0.4) is 0 Å². The van der Waals surface area contributed by atoms with E-state index in [0.29, 0.717) is 11.8 Å². The number of carbonyl (C=O) groups is 2. The van der Waals surface area contributed by atoms with Gasteiger partial charge in [0.25, 0.3) is 0 Å². The second-order valence-electron chi connectivity index (χ2n) is 2.58. The fourth-order valence-electron chi connectivity index (χ4n) is 1.08. The Kier molecular flexibility index (Phi) is 3.68. The third kappa shape index (κ3) is 2.25. The molecule has 80 valence electrons. The van der Waals surface area contributed by atoms with Crippen LogP contribution in [-0.4, -0.2) is 26.5 Å². The van der Waals surface area contributed by atoms with E-state index in [9.17, 15) is 9.59 Å². The van der Waals surface area contributed by atoms with E-state index in [2.05, 4.69) is 4.74 Å². The molecule has 0 fully saturated rings. The number of esters is 1. The van der Waals surface area contributed by atoms with Gasteiger partial charge in [-0.15, -0.1) is 0 Å². The van der Waals surface area contributed by atoms with E-state index in [-0.39, 0.29) is 11.3 Å². The second kappa shape index (κ2) is 4.99. The molecule has 5 heteroatoms. The maximum atomic E-state index is 11.3. The zero-order valence-electron chi connectivity index (χ0n) is 8.35. The van der Waals surface area contributed by atoms with Gasteiger partial charge < -0.3 is 13.9 Å². The van der Waals surface area contributed by atoms with Crippen LogP contribution >= 0.6 is 0 Å². The predicted molar refractivity (Wildman–Crippen MR) is 51.1 cm³/mol. The summed E-state index contributed by atoms with van der Waals surface area (Å²) in [5.41, 5.74) is 0.481. The molecular formula is C10H10O5. The number of hydrogen-bond donors (Lipinski definition) is 0. The molecule has 0 amide bonds. The standard InChI is InChI=1S/C10H10O5/c1-13-6-8(10(12)14-2)7-3-4-15-9(7)5-11/h3-6H,1-2H3. The van der Waals surface area contributed by atoms with Crippen LogP contribution < -0.4 is 0 Å². The van der Waals surface area contributed by atoms with E-state index in [4.69, 9.17) is 9.15 Å². The van der Waals surface area contributed by atoms with Crippen LogP contribution in [0, 0.1) is 0 Å². The van der Waals surface area contributed by atoms with Gasteiger partial charge in [-0.1, -0.05) is 0 Å². The highest BCUT2D eigenvalue weighted by Crippen LogP contribution is 2.20. The molecule has 0 aliphatic rings. The van der Waals surface area contributed by atoms with Crippen molar-refractivity contribution in [3.05, 3.63) is 29.9 Å². The van der Waals surface area contributed by atoms with Crippen molar-refractivity contribution < 1.29 is 23.5 Å². The molecule has 0 unspecified atom stereocenters. The van der Waals surface area contributed by atoms with Crippen LogP contribution in [0.15, 0.2) is 23.0 Å². The van der Waals surface area contributed by atoms with Crippen LogP contribution in [0.1, 0.15) is 16.1 Å². The lowest BCUT2D eigenvalue weighted by Crippen LogP contribution is -2.05. The molecule has 0 saturated carbocycles. The summed E-state index contributed by atoms with van der Waals surface area (Å²) in [5, 5.41) is 0. The van der Waals surface area contributed by atoms with Gasteiger partial charge in [-0.05, 0) is 6.07 Å². The van der Waals surface area contributed by atoms with E-state index in [1.165, 1.54) is 32.8 Å². The smallest absolute Gasteiger partial charge is 0.341 e. The summed E-state index contributed by atoms with van der Waals surface area (Å²) < 4.78 is 14.1. The number of ether oxygens (including phenoxy) is 2. The summed E-state index contributed by atoms with van der Waals surface area (Å²) in [7, 11) is 2.64. The maximum absolute atomic E-state index is 11.3. The van der Waals surface area contributed by atoms with Crippen molar-refractivity contribution >= 4 is 17.8 Å². The molecule has 0 bridgehead atoms. The van der Waals surface area contributed by atoms with Crippen LogP contribution in [0.2, 0.25) is 0 Å². The minimum absolute atomic E-state index is 0.0590. The summed E-state index contributed by atoms with van der Waals surface area (Å²) in [6.07, 6.45) is 3.02. The van der Waals surface area contributed by atoms with Crippen LogP contribution in [-0.2, 0) is 14.3 Å². The summed E-state index contributed by atoms with van der Waals surface area (Å²) in [6.45, 7) is 0. The van der Waals surface area contributed by atoms with Crippen molar-refractivity contribution in [2.45, 2.75) is 0 Å². The fourth-order valence-corrected chi connectivity index (χ4v) is 1.08. The van der Waals surface area contributed by atoms with Gasteiger partial charge in [-0.2, -0.15) is 0 Å². The Labute approximate surface area is 86.3 Å². The Hall–Kier alpha value is -2.04. The number of carbonyl (C=O) groups excluding carboxylic acids is 2. The van der Waals surface area contributed by atoms with Crippen molar-refractivity contribution in [1.29, 1.82) is 0 Å². The molecule has 1 aromatic heterocycles. The van der Waals surface area contributed by atoms with E-state index in [1.807, 2.05) is 0 Å². The van der Waals surface area contributed by atoms with Gasteiger partial charge in [0.15, 0.2) is 12.0 Å². The molecule has 0 radical (unpaired) electrons. The molecule has 0 atom stereocenters. The molecule has 0 aromatic carbocycles. The van der Waals surface area contributed by atoms with Gasteiger partial charge in [0.2, 0.25) is 0 Å². The molecule has 0 spiro atoms. The van der Waals surface area contributed by atoms with Crippen LogP contribution in [0.4, 0.5) is 0 Å². The van der Waals surface area contributed by atoms with Crippen molar-refractivity contribution in [1.82, 2.24) is 0 Å². The topological polar surface area (TPSA) is 65.7 Å². The maximum Gasteiger partial charge on any atom is 0.341 e. The van der Waals surface area contributed by atoms with Crippen molar-refractivity contribution in [3.8, 4) is 0 Å². The summed E-state index contributed by atoms with van der Waals surface area (Å²) in [6, 6.07) is 1.49. The van der Waals surface area contributed by atoms with Crippen molar-refractivity contribution in [2.75, 3.05) is 14.2 Å². The SMILES string of the molecule is COC=C(C(=O)OC)c1ccoc1C=O. The molecule has 0 aliphatic carbocycles. The van der Waals surface area contributed by atoms with Gasteiger partial charge in [-0.25, -0.2) is 4.79 Å². The lowest BCUT2D eigenvalue weighted by atomic mass is 10.1. The van der Waals surface area contributed by atoms with E-state index in [1.54, 1.807) is 0 Å². The van der Waals surface area contributed by atoms with Gasteiger partial charge >= 0.3 is 5.97 Å². The third-order valence-electron chi connectivity index (χ3n) is 1.73. The van der Waals surface area contributed by atoms with E-state index in [0.717, 1.165) is 0 Å². The quantitative estimate of drug-likeness (QED) is 0.324. The number of furan rings is 1. The molecule has 5 nitrogen and oxygen atoms in total. The molecule has 0 aliphatic heterocycles. The van der Waals surface area contributed by atoms with Crippen molar-refractivity contribution in [2.24, 2.45) is 0 Å². The largest absolute Gasteiger partial charge is 0.503 e. The first-order valence-electron chi connectivity index (χ1n) is 4.09. The Morgan fingerprint density at radius 2 is 2.20 bits per heavy atom. The molecule has 0 N–H and O–H groups in total. The zero-order chi connectivity index (χ0) is 11.3. The molecular weight excluding hydrogens is 200 g/mol. The minimum atomic E-state index is -0.596. The van der Waals surface area contributed by atoms with Crippen molar-refractivity contribution in [3.63, 3.8) is 0 Å². The average Bonchev–Trinajstić information content (AvgIpc) is 2.72. The zero-order valence-corrected chi connectivity index (χ0v) is 8.35. The highest BCUT2D eigenvalue weighted by Gasteiger charge is 2.18. The Balaban J connectivity index is 3.15. The summed E-state index contributed by atoms with van der Waals surface area (Å²) >= 11 is 0. The monoisotopic (exact) mass is 210 g/mol. The molecule has 15 heavy (non-hydrogen) atoms. The highest BCUT2D eigenvalue weighted by molar-refractivity contribution is 6.17. The van der Waals surface area contributed by atoms with Gasteiger partial charge in [0.1, 0.15) is 5.57 Å². The lowest BCUT2D eigenvalue weighted by Gasteiger charge is -2.02. The first-order valence-corrected chi connectivity index (χ1v) is 4.09. The van der Waals surface area contributed by atoms with Gasteiger partial charge in [0, 0.05) is 5.56 Å².